The van der Waals surface area contributed by atoms with Crippen LogP contribution in [0.25, 0.3) is 0 Å². The zero-order valence-electron chi connectivity index (χ0n) is 14.7. The maximum absolute atomic E-state index is 5.39. The lowest BCUT2D eigenvalue weighted by Gasteiger charge is -2.26. The summed E-state index contributed by atoms with van der Waals surface area (Å²) in [6, 6.07) is 0.666. The van der Waals surface area contributed by atoms with E-state index in [0.717, 1.165) is 63.7 Å². The van der Waals surface area contributed by atoms with E-state index >= 15 is 0 Å². The van der Waals surface area contributed by atoms with Crippen LogP contribution in [0.15, 0.2) is 4.99 Å². The van der Waals surface area contributed by atoms with Gasteiger partial charge >= 0.3 is 0 Å². The summed E-state index contributed by atoms with van der Waals surface area (Å²) in [5.41, 5.74) is 0. The highest BCUT2D eigenvalue weighted by atomic mass is 16.5. The van der Waals surface area contributed by atoms with Gasteiger partial charge in [-0.05, 0) is 25.2 Å². The molecule has 0 aromatic heterocycles. The molecule has 2 unspecified atom stereocenters. The van der Waals surface area contributed by atoms with Crippen molar-refractivity contribution in [1.82, 2.24) is 15.5 Å². The molecule has 1 heterocycles. The van der Waals surface area contributed by atoms with Gasteiger partial charge in [0, 0.05) is 32.2 Å². The second-order valence-corrected chi connectivity index (χ2v) is 7.26. The Kier molecular flexibility index (Phi) is 6.57. The first-order valence-corrected chi connectivity index (χ1v) is 9.71. The van der Waals surface area contributed by atoms with Gasteiger partial charge < -0.3 is 15.4 Å². The molecular weight excluding hydrogens is 288 g/mol. The number of rotatable bonds is 6. The van der Waals surface area contributed by atoms with Crippen molar-refractivity contribution in [3.8, 4) is 0 Å². The summed E-state index contributed by atoms with van der Waals surface area (Å²) in [7, 11) is 0. The average Bonchev–Trinajstić information content (AvgIpc) is 3.36. The van der Waals surface area contributed by atoms with Crippen LogP contribution in [0.2, 0.25) is 0 Å². The van der Waals surface area contributed by atoms with Crippen LogP contribution in [0.3, 0.4) is 0 Å². The minimum absolute atomic E-state index is 0.666. The van der Waals surface area contributed by atoms with E-state index in [1.807, 2.05) is 0 Å². The Labute approximate surface area is 141 Å². The van der Waals surface area contributed by atoms with Gasteiger partial charge in [0.05, 0.1) is 19.8 Å². The average molecular weight is 322 g/mol. The van der Waals surface area contributed by atoms with E-state index in [2.05, 4.69) is 22.5 Å². The summed E-state index contributed by atoms with van der Waals surface area (Å²) in [5, 5.41) is 7.08. The van der Waals surface area contributed by atoms with Crippen LogP contribution < -0.4 is 10.6 Å². The molecule has 2 atom stereocenters. The van der Waals surface area contributed by atoms with Gasteiger partial charge in [0.2, 0.25) is 0 Å². The first-order chi connectivity index (χ1) is 11.4. The molecule has 23 heavy (non-hydrogen) atoms. The number of nitrogens with zero attached hydrogens (tertiary/aromatic N) is 2. The highest BCUT2D eigenvalue weighted by Crippen LogP contribution is 2.44. The number of hydrogen-bond acceptors (Lipinski definition) is 3. The minimum Gasteiger partial charge on any atom is -0.379 e. The molecule has 0 radical (unpaired) electrons. The molecule has 0 aromatic rings. The number of guanidine groups is 1. The SMILES string of the molecule is CCNC(=NCCN1CCOCC1)NC1CC1C1CCCCC1. The second kappa shape index (κ2) is 8.88. The van der Waals surface area contributed by atoms with Gasteiger partial charge in [-0.3, -0.25) is 9.89 Å². The molecule has 3 rings (SSSR count). The quantitative estimate of drug-likeness (QED) is 0.579. The third kappa shape index (κ3) is 5.35. The normalized spacial score (nSPS) is 30.2. The lowest BCUT2D eigenvalue weighted by molar-refractivity contribution is 0.0394. The zero-order valence-corrected chi connectivity index (χ0v) is 14.7. The molecule has 1 aliphatic heterocycles. The highest BCUT2D eigenvalue weighted by Gasteiger charge is 2.43. The lowest BCUT2D eigenvalue weighted by Crippen LogP contribution is -2.41. The molecular formula is C18H34N4O. The maximum atomic E-state index is 5.39. The summed E-state index contributed by atoms with van der Waals surface area (Å²) in [6.07, 6.45) is 8.59. The fraction of sp³-hybridized carbons (Fsp3) is 0.944. The van der Waals surface area contributed by atoms with Crippen LogP contribution in [0.5, 0.6) is 0 Å². The highest BCUT2D eigenvalue weighted by molar-refractivity contribution is 5.80. The van der Waals surface area contributed by atoms with Crippen molar-refractivity contribution in [3.63, 3.8) is 0 Å². The van der Waals surface area contributed by atoms with Gasteiger partial charge in [-0.15, -0.1) is 0 Å². The molecule has 5 heteroatoms. The van der Waals surface area contributed by atoms with E-state index < -0.39 is 0 Å². The minimum atomic E-state index is 0.666. The fourth-order valence-corrected chi connectivity index (χ4v) is 4.09. The Morgan fingerprint density at radius 1 is 1.17 bits per heavy atom. The van der Waals surface area contributed by atoms with Crippen LogP contribution in [0.4, 0.5) is 0 Å². The van der Waals surface area contributed by atoms with Gasteiger partial charge in [-0.2, -0.15) is 0 Å². The van der Waals surface area contributed by atoms with Crippen LogP contribution in [-0.2, 0) is 4.74 Å². The molecule has 0 amide bonds. The smallest absolute Gasteiger partial charge is 0.191 e. The lowest BCUT2D eigenvalue weighted by atomic mass is 9.85. The standard InChI is InChI=1S/C18H34N4O/c1-2-19-18(20-8-9-22-10-12-23-13-11-22)21-17-14-16(17)15-6-4-3-5-7-15/h15-17H,2-14H2,1H3,(H2,19,20,21). The maximum Gasteiger partial charge on any atom is 0.191 e. The molecule has 1 saturated heterocycles. The number of morpholine rings is 1. The van der Waals surface area contributed by atoms with E-state index in [-0.39, 0.29) is 0 Å². The van der Waals surface area contributed by atoms with E-state index in [0.29, 0.717) is 6.04 Å². The van der Waals surface area contributed by atoms with Crippen molar-refractivity contribution in [2.24, 2.45) is 16.8 Å². The summed E-state index contributed by atoms with van der Waals surface area (Å²) in [5.74, 6) is 2.89. The van der Waals surface area contributed by atoms with Crippen molar-refractivity contribution in [3.05, 3.63) is 0 Å². The van der Waals surface area contributed by atoms with Gasteiger partial charge in [0.15, 0.2) is 5.96 Å². The molecule has 2 saturated carbocycles. The topological polar surface area (TPSA) is 48.9 Å². The molecule has 3 aliphatic rings. The molecule has 5 nitrogen and oxygen atoms in total. The molecule has 0 spiro atoms. The Hall–Kier alpha value is -0.810. The Morgan fingerprint density at radius 3 is 2.70 bits per heavy atom. The van der Waals surface area contributed by atoms with Crippen LogP contribution in [0, 0.1) is 11.8 Å². The van der Waals surface area contributed by atoms with Crippen molar-refractivity contribution in [2.45, 2.75) is 51.5 Å². The largest absolute Gasteiger partial charge is 0.379 e. The summed E-state index contributed by atoms with van der Waals surface area (Å²) < 4.78 is 5.39. The predicted octanol–water partition coefficient (Wildman–Crippen LogP) is 1.84. The third-order valence-corrected chi connectivity index (χ3v) is 5.55. The van der Waals surface area contributed by atoms with Crippen molar-refractivity contribution in [2.75, 3.05) is 45.9 Å². The molecule has 2 N–H and O–H groups in total. The van der Waals surface area contributed by atoms with E-state index in [1.165, 1.54) is 38.5 Å². The summed E-state index contributed by atoms with van der Waals surface area (Å²) in [4.78, 5) is 7.22. The first kappa shape index (κ1) is 17.0. The number of nitrogens with one attached hydrogen (secondary N) is 2. The van der Waals surface area contributed by atoms with Gasteiger partial charge in [0.25, 0.3) is 0 Å². The van der Waals surface area contributed by atoms with Gasteiger partial charge in [-0.1, -0.05) is 32.1 Å². The van der Waals surface area contributed by atoms with Gasteiger partial charge in [-0.25, -0.2) is 0 Å². The van der Waals surface area contributed by atoms with Crippen LogP contribution in [-0.4, -0.2) is 62.8 Å². The van der Waals surface area contributed by atoms with Crippen molar-refractivity contribution < 1.29 is 4.74 Å². The Morgan fingerprint density at radius 2 is 1.96 bits per heavy atom. The number of aliphatic imine (C=N–C) groups is 1. The predicted molar refractivity (Wildman–Crippen MR) is 94.8 cm³/mol. The molecule has 132 valence electrons. The Balaban J connectivity index is 1.40. The van der Waals surface area contributed by atoms with Crippen LogP contribution >= 0.6 is 0 Å². The van der Waals surface area contributed by atoms with E-state index in [4.69, 9.17) is 9.73 Å². The summed E-state index contributed by atoms with van der Waals surface area (Å²) >= 11 is 0. The number of hydrogen-bond donors (Lipinski definition) is 2. The zero-order chi connectivity index (χ0) is 15.9. The number of ether oxygens (including phenoxy) is 1. The monoisotopic (exact) mass is 322 g/mol. The van der Waals surface area contributed by atoms with E-state index in [9.17, 15) is 0 Å². The molecule has 2 aliphatic carbocycles. The van der Waals surface area contributed by atoms with Crippen LogP contribution in [0.1, 0.15) is 45.4 Å². The van der Waals surface area contributed by atoms with Crippen molar-refractivity contribution >= 4 is 5.96 Å². The molecule has 3 fully saturated rings. The molecule has 0 aromatic carbocycles. The fourth-order valence-electron chi connectivity index (χ4n) is 4.09. The Bertz CT molecular complexity index is 375. The second-order valence-electron chi connectivity index (χ2n) is 7.26. The third-order valence-electron chi connectivity index (χ3n) is 5.55. The summed E-state index contributed by atoms with van der Waals surface area (Å²) in [6.45, 7) is 8.82. The molecule has 0 bridgehead atoms. The van der Waals surface area contributed by atoms with E-state index in [1.54, 1.807) is 0 Å². The first-order valence-electron chi connectivity index (χ1n) is 9.71. The van der Waals surface area contributed by atoms with Crippen molar-refractivity contribution in [1.29, 1.82) is 0 Å². The van der Waals surface area contributed by atoms with Gasteiger partial charge in [0.1, 0.15) is 0 Å².